The number of esters is 1. The van der Waals surface area contributed by atoms with Crippen LogP contribution in [0.5, 0.6) is 0 Å². The van der Waals surface area contributed by atoms with Crippen LogP contribution in [-0.4, -0.2) is 20.2 Å². The van der Waals surface area contributed by atoms with Crippen molar-refractivity contribution in [3.8, 4) is 0 Å². The maximum absolute atomic E-state index is 13.2. The summed E-state index contributed by atoms with van der Waals surface area (Å²) in [4.78, 5) is 26.3. The molecule has 0 saturated heterocycles. The van der Waals surface area contributed by atoms with E-state index in [-0.39, 0.29) is 16.1 Å². The number of ether oxygens (including phenoxy) is 1. The number of aryl methyl sites for hydroxylation is 1. The molecule has 0 aliphatic rings. The summed E-state index contributed by atoms with van der Waals surface area (Å²) in [5, 5.41) is 0. The summed E-state index contributed by atoms with van der Waals surface area (Å²) in [5.41, 5.74) is 1.49. The lowest BCUT2D eigenvalue weighted by Gasteiger charge is -2.18. The average molecular weight is 504 g/mol. The zero-order valence-corrected chi connectivity index (χ0v) is 20.0. The number of anilines is 1. The summed E-state index contributed by atoms with van der Waals surface area (Å²) in [7, 11) is -4.09. The van der Waals surface area contributed by atoms with E-state index in [2.05, 4.69) is 4.72 Å². The maximum atomic E-state index is 13.2. The average Bonchev–Trinajstić information content (AvgIpc) is 2.89. The largest absolute Gasteiger partial charge is 0.445 e. The summed E-state index contributed by atoms with van der Waals surface area (Å²) in [6, 6.07) is 25.9. The monoisotopic (exact) mass is 503 g/mol. The predicted octanol–water partition coefficient (Wildman–Crippen LogP) is 5.72. The number of hydrogen-bond donors (Lipinski definition) is 1. The summed E-state index contributed by atoms with van der Waals surface area (Å²) in [5.74, 6) is -1.75. The molecule has 0 spiro atoms. The number of ketones is 1. The molecule has 0 amide bonds. The quantitative estimate of drug-likeness (QED) is 0.246. The first-order chi connectivity index (χ1) is 17.2. The lowest BCUT2D eigenvalue weighted by Crippen LogP contribution is -2.21. The van der Waals surface area contributed by atoms with Crippen LogP contribution in [0.2, 0.25) is 0 Å². The molecule has 0 saturated carbocycles. The zero-order chi connectivity index (χ0) is 25.7. The van der Waals surface area contributed by atoms with Gasteiger partial charge in [-0.05, 0) is 48.9 Å². The Labute approximate surface area is 208 Å². The van der Waals surface area contributed by atoms with E-state index >= 15 is 0 Å². The molecule has 6 nitrogen and oxygen atoms in total. The number of rotatable bonds is 8. The summed E-state index contributed by atoms with van der Waals surface area (Å²) < 4.78 is 47.0. The number of hydrogen-bond acceptors (Lipinski definition) is 5. The Morgan fingerprint density at radius 1 is 0.833 bits per heavy atom. The van der Waals surface area contributed by atoms with Crippen molar-refractivity contribution in [2.24, 2.45) is 0 Å². The van der Waals surface area contributed by atoms with Gasteiger partial charge in [0.2, 0.25) is 5.78 Å². The number of carbonyl (C=O) groups excluding carboxylic acids is 2. The summed E-state index contributed by atoms with van der Waals surface area (Å²) in [6.07, 6.45) is -1.22. The molecule has 0 heterocycles. The Kier molecular flexibility index (Phi) is 7.26. The fourth-order valence-corrected chi connectivity index (χ4v) is 4.63. The molecule has 1 unspecified atom stereocenters. The van der Waals surface area contributed by atoms with E-state index in [0.717, 1.165) is 12.1 Å². The molecule has 0 aromatic heterocycles. The van der Waals surface area contributed by atoms with Crippen molar-refractivity contribution in [3.05, 3.63) is 131 Å². The van der Waals surface area contributed by atoms with Crippen molar-refractivity contribution in [2.75, 3.05) is 4.72 Å². The molecule has 1 atom stereocenters. The van der Waals surface area contributed by atoms with Gasteiger partial charge >= 0.3 is 5.97 Å². The molecule has 8 heteroatoms. The molecule has 4 aromatic rings. The highest BCUT2D eigenvalue weighted by Gasteiger charge is 2.28. The second-order valence-corrected chi connectivity index (χ2v) is 9.70. The Morgan fingerprint density at radius 2 is 1.44 bits per heavy atom. The molecule has 4 rings (SSSR count). The number of nitrogens with one attached hydrogen (secondary N) is 1. The molecule has 36 heavy (non-hydrogen) atoms. The Hall–Kier alpha value is -4.30. The van der Waals surface area contributed by atoms with E-state index in [1.54, 1.807) is 67.6 Å². The third-order valence-corrected chi connectivity index (χ3v) is 6.84. The Balaban J connectivity index is 1.64. The highest BCUT2D eigenvalue weighted by atomic mass is 32.2. The minimum Gasteiger partial charge on any atom is -0.445 e. The molecule has 182 valence electrons. The summed E-state index contributed by atoms with van der Waals surface area (Å²) >= 11 is 0. The SMILES string of the molecule is Cc1ccc(S(=O)(=O)Nc2ccc(F)cc2)cc1C(=O)OC(C(=O)c1ccccc1)c1ccccc1. The first-order valence-electron chi connectivity index (χ1n) is 11.0. The lowest BCUT2D eigenvalue weighted by molar-refractivity contribution is 0.0279. The van der Waals surface area contributed by atoms with E-state index in [4.69, 9.17) is 4.74 Å². The van der Waals surface area contributed by atoms with Crippen molar-refractivity contribution < 1.29 is 27.1 Å². The predicted molar refractivity (Wildman–Crippen MR) is 134 cm³/mol. The molecule has 0 aliphatic carbocycles. The van der Waals surface area contributed by atoms with Crippen LogP contribution in [0.25, 0.3) is 0 Å². The topological polar surface area (TPSA) is 89.5 Å². The van der Waals surface area contributed by atoms with E-state index < -0.39 is 33.7 Å². The van der Waals surface area contributed by atoms with Gasteiger partial charge in [-0.1, -0.05) is 66.7 Å². The molecule has 0 bridgehead atoms. The van der Waals surface area contributed by atoms with Crippen molar-refractivity contribution >= 4 is 27.5 Å². The summed E-state index contributed by atoms with van der Waals surface area (Å²) in [6.45, 7) is 1.64. The van der Waals surface area contributed by atoms with E-state index in [9.17, 15) is 22.4 Å². The van der Waals surface area contributed by atoms with Gasteiger partial charge in [-0.2, -0.15) is 0 Å². The minimum atomic E-state index is -4.09. The molecule has 1 N–H and O–H groups in total. The van der Waals surface area contributed by atoms with E-state index in [1.807, 2.05) is 0 Å². The van der Waals surface area contributed by atoms with Crippen LogP contribution in [0.15, 0.2) is 108 Å². The third kappa shape index (κ3) is 5.67. The number of halogens is 1. The second-order valence-electron chi connectivity index (χ2n) is 8.02. The normalized spacial score (nSPS) is 11.9. The van der Waals surface area contributed by atoms with E-state index in [0.29, 0.717) is 16.7 Å². The molecule has 0 aliphatic heterocycles. The van der Waals surface area contributed by atoms with Crippen molar-refractivity contribution in [1.82, 2.24) is 0 Å². The van der Waals surface area contributed by atoms with Crippen LogP contribution < -0.4 is 4.72 Å². The first kappa shape index (κ1) is 24.8. The van der Waals surface area contributed by atoms with Crippen molar-refractivity contribution in [2.45, 2.75) is 17.9 Å². The Bertz CT molecular complexity index is 1490. The molecule has 4 aromatic carbocycles. The van der Waals surface area contributed by atoms with Gasteiger partial charge < -0.3 is 4.74 Å². The first-order valence-corrected chi connectivity index (χ1v) is 12.5. The molecular formula is C28H22FNO5S. The van der Waals surface area contributed by atoms with Gasteiger partial charge in [0.1, 0.15) is 5.82 Å². The number of carbonyl (C=O) groups is 2. The van der Waals surface area contributed by atoms with Gasteiger partial charge in [0.05, 0.1) is 10.5 Å². The lowest BCUT2D eigenvalue weighted by atomic mass is 9.99. The van der Waals surface area contributed by atoms with Gasteiger partial charge in [0.25, 0.3) is 10.0 Å². The van der Waals surface area contributed by atoms with Gasteiger partial charge in [-0.15, -0.1) is 0 Å². The van der Waals surface area contributed by atoms with Crippen molar-refractivity contribution in [1.29, 1.82) is 0 Å². The van der Waals surface area contributed by atoms with Gasteiger partial charge in [-0.3, -0.25) is 9.52 Å². The van der Waals surface area contributed by atoms with Gasteiger partial charge in [0, 0.05) is 16.8 Å². The number of Topliss-reactive ketones (excluding diaryl/α,β-unsaturated/α-hetero) is 1. The third-order valence-electron chi connectivity index (χ3n) is 5.46. The highest BCUT2D eigenvalue weighted by molar-refractivity contribution is 7.92. The standard InChI is InChI=1S/C28H22FNO5S/c1-19-12-17-24(36(33,34)30-23-15-13-22(29)14-16-23)18-25(19)28(32)35-27(21-10-6-3-7-11-21)26(31)20-8-4-2-5-9-20/h2-18,27,30H,1H3. The number of sulfonamides is 1. The van der Waals surface area contributed by atoms with Gasteiger partial charge in [-0.25, -0.2) is 17.6 Å². The zero-order valence-electron chi connectivity index (χ0n) is 19.2. The van der Waals surface area contributed by atoms with Crippen LogP contribution >= 0.6 is 0 Å². The molecule has 0 fully saturated rings. The fourth-order valence-electron chi connectivity index (χ4n) is 3.55. The van der Waals surface area contributed by atoms with E-state index in [1.165, 1.54) is 30.3 Å². The van der Waals surface area contributed by atoms with Crippen LogP contribution in [0, 0.1) is 12.7 Å². The second kappa shape index (κ2) is 10.5. The van der Waals surface area contributed by atoms with Crippen molar-refractivity contribution in [3.63, 3.8) is 0 Å². The molecular weight excluding hydrogens is 481 g/mol. The Morgan fingerprint density at radius 3 is 2.08 bits per heavy atom. The maximum Gasteiger partial charge on any atom is 0.339 e. The van der Waals surface area contributed by atoms with Gasteiger partial charge in [0.15, 0.2) is 6.10 Å². The van der Waals surface area contributed by atoms with Crippen LogP contribution in [0.3, 0.4) is 0 Å². The minimum absolute atomic E-state index is 0.00114. The van der Waals surface area contributed by atoms with Crippen LogP contribution in [-0.2, 0) is 14.8 Å². The number of benzene rings is 4. The molecule has 0 radical (unpaired) electrons. The van der Waals surface area contributed by atoms with Crippen LogP contribution in [0.4, 0.5) is 10.1 Å². The van der Waals surface area contributed by atoms with Crippen LogP contribution in [0.1, 0.15) is 37.9 Å². The highest BCUT2D eigenvalue weighted by Crippen LogP contribution is 2.26. The smallest absolute Gasteiger partial charge is 0.339 e. The fraction of sp³-hybridized carbons (Fsp3) is 0.0714.